The number of sulfonamides is 1. The van der Waals surface area contributed by atoms with Gasteiger partial charge < -0.3 is 15.0 Å². The monoisotopic (exact) mass is 419 g/mol. The highest BCUT2D eigenvalue weighted by molar-refractivity contribution is 7.89. The molecule has 0 saturated carbocycles. The summed E-state index contributed by atoms with van der Waals surface area (Å²) in [5.74, 6) is -0.502. The smallest absolute Gasteiger partial charge is 0.355 e. The molecule has 0 unspecified atom stereocenters. The number of aromatic nitrogens is 1. The molecule has 156 valence electrons. The van der Waals surface area contributed by atoms with Crippen LogP contribution in [0.4, 0.5) is 5.69 Å². The van der Waals surface area contributed by atoms with Crippen molar-refractivity contribution in [2.24, 2.45) is 11.8 Å². The molecule has 3 rings (SSSR count). The largest absolute Gasteiger partial charge is 0.451 e. The standard InChI is InChI=1S/C20H25N3O5S/c1-14-10-15(2)12-23(11-14)29(26,27)17-7-5-16(6-8-17)22-19(24)13-28-20(25)18-4-3-9-21-18/h3-9,14-15,21H,10-13H2,1-2H3,(H,22,24)/t14-,15-/m0/s1. The molecule has 0 radical (unpaired) electrons. The topological polar surface area (TPSA) is 109 Å². The van der Waals surface area contributed by atoms with Crippen LogP contribution in [0, 0.1) is 11.8 Å². The molecule has 0 bridgehead atoms. The first kappa shape index (κ1) is 21.1. The normalized spacial score (nSPS) is 20.2. The predicted molar refractivity (Wildman–Crippen MR) is 108 cm³/mol. The Morgan fingerprint density at radius 3 is 2.38 bits per heavy atom. The molecular formula is C20H25N3O5S. The molecule has 2 heterocycles. The first-order valence-electron chi connectivity index (χ1n) is 9.46. The Kier molecular flexibility index (Phi) is 6.39. The zero-order valence-corrected chi connectivity index (χ0v) is 17.2. The molecule has 8 nitrogen and oxygen atoms in total. The van der Waals surface area contributed by atoms with Gasteiger partial charge in [0.05, 0.1) is 4.90 Å². The highest BCUT2D eigenvalue weighted by atomic mass is 32.2. The number of benzene rings is 1. The van der Waals surface area contributed by atoms with E-state index in [1.807, 2.05) is 0 Å². The predicted octanol–water partition coefficient (Wildman–Crippen LogP) is 2.48. The number of carbonyl (C=O) groups is 2. The molecule has 2 N–H and O–H groups in total. The van der Waals surface area contributed by atoms with Crippen LogP contribution in [0.25, 0.3) is 0 Å². The van der Waals surface area contributed by atoms with E-state index in [4.69, 9.17) is 4.74 Å². The van der Waals surface area contributed by atoms with Crippen LogP contribution in [0.1, 0.15) is 30.8 Å². The quantitative estimate of drug-likeness (QED) is 0.699. The number of nitrogens with zero attached hydrogens (tertiary/aromatic N) is 1. The maximum absolute atomic E-state index is 12.9. The van der Waals surface area contributed by atoms with E-state index in [0.717, 1.165) is 6.42 Å². The van der Waals surface area contributed by atoms with Crippen LogP contribution in [-0.2, 0) is 19.6 Å². The number of hydrogen-bond donors (Lipinski definition) is 2. The summed E-state index contributed by atoms with van der Waals surface area (Å²) >= 11 is 0. The highest BCUT2D eigenvalue weighted by Gasteiger charge is 2.31. The van der Waals surface area contributed by atoms with Crippen LogP contribution < -0.4 is 5.32 Å². The van der Waals surface area contributed by atoms with E-state index < -0.39 is 28.5 Å². The number of nitrogens with one attached hydrogen (secondary N) is 2. The fourth-order valence-corrected chi connectivity index (χ4v) is 5.20. The number of aromatic amines is 1. The van der Waals surface area contributed by atoms with Crippen molar-refractivity contribution in [1.29, 1.82) is 0 Å². The minimum absolute atomic E-state index is 0.190. The van der Waals surface area contributed by atoms with Crippen molar-refractivity contribution in [3.05, 3.63) is 48.3 Å². The molecule has 2 aromatic rings. The first-order chi connectivity index (χ1) is 13.8. The zero-order chi connectivity index (χ0) is 21.0. The van der Waals surface area contributed by atoms with Crippen LogP contribution in [0.3, 0.4) is 0 Å². The Bertz CT molecular complexity index is 945. The van der Waals surface area contributed by atoms with Gasteiger partial charge in [-0.25, -0.2) is 13.2 Å². The number of amides is 1. The van der Waals surface area contributed by atoms with Crippen molar-refractivity contribution in [3.8, 4) is 0 Å². The van der Waals surface area contributed by atoms with Crippen LogP contribution in [0.5, 0.6) is 0 Å². The van der Waals surface area contributed by atoms with Crippen molar-refractivity contribution in [2.45, 2.75) is 25.2 Å². The summed E-state index contributed by atoms with van der Waals surface area (Å²) in [7, 11) is -3.57. The fourth-order valence-electron chi connectivity index (χ4n) is 3.52. The Hall–Kier alpha value is -2.65. The van der Waals surface area contributed by atoms with Crippen LogP contribution in [0.2, 0.25) is 0 Å². The Morgan fingerprint density at radius 1 is 1.14 bits per heavy atom. The first-order valence-corrected chi connectivity index (χ1v) is 10.9. The van der Waals surface area contributed by atoms with Crippen molar-refractivity contribution >= 4 is 27.6 Å². The molecule has 2 atom stereocenters. The molecular weight excluding hydrogens is 394 g/mol. The van der Waals surface area contributed by atoms with Crippen molar-refractivity contribution in [2.75, 3.05) is 25.0 Å². The van der Waals surface area contributed by atoms with Gasteiger partial charge in [0, 0.05) is 25.0 Å². The molecule has 1 amide bonds. The molecule has 9 heteroatoms. The fraction of sp³-hybridized carbons (Fsp3) is 0.400. The van der Waals surface area contributed by atoms with Gasteiger partial charge >= 0.3 is 5.97 Å². The third-order valence-electron chi connectivity index (χ3n) is 4.76. The zero-order valence-electron chi connectivity index (χ0n) is 16.4. The molecule has 1 fully saturated rings. The molecule has 1 aromatic heterocycles. The summed E-state index contributed by atoms with van der Waals surface area (Å²) < 4.78 is 32.2. The number of H-pyrrole nitrogens is 1. The molecule has 0 spiro atoms. The van der Waals surface area contributed by atoms with E-state index in [1.54, 1.807) is 18.3 Å². The number of anilines is 1. The number of hydrogen-bond acceptors (Lipinski definition) is 5. The van der Waals surface area contributed by atoms with Crippen molar-refractivity contribution in [3.63, 3.8) is 0 Å². The summed E-state index contributed by atoms with van der Waals surface area (Å²) in [6, 6.07) is 9.18. The lowest BCUT2D eigenvalue weighted by molar-refractivity contribution is -0.119. The number of esters is 1. The minimum Gasteiger partial charge on any atom is -0.451 e. The van der Waals surface area contributed by atoms with E-state index in [9.17, 15) is 18.0 Å². The third-order valence-corrected chi connectivity index (χ3v) is 6.61. The lowest BCUT2D eigenvalue weighted by Crippen LogP contribution is -2.42. The highest BCUT2D eigenvalue weighted by Crippen LogP contribution is 2.27. The summed E-state index contributed by atoms with van der Waals surface area (Å²) in [6.45, 7) is 4.69. The molecule has 1 aromatic carbocycles. The van der Waals surface area contributed by atoms with Gasteiger partial charge in [-0.15, -0.1) is 0 Å². The summed E-state index contributed by atoms with van der Waals surface area (Å²) in [5.41, 5.74) is 0.680. The van der Waals surface area contributed by atoms with Crippen LogP contribution in [-0.4, -0.2) is 49.3 Å². The van der Waals surface area contributed by atoms with Gasteiger partial charge in [0.25, 0.3) is 5.91 Å². The molecule has 1 aliphatic heterocycles. The number of carbonyl (C=O) groups excluding carboxylic acids is 2. The van der Waals surface area contributed by atoms with Gasteiger partial charge in [0.2, 0.25) is 10.0 Å². The van der Waals surface area contributed by atoms with Gasteiger partial charge in [-0.1, -0.05) is 13.8 Å². The summed E-state index contributed by atoms with van der Waals surface area (Å²) in [4.78, 5) is 26.6. The van der Waals surface area contributed by atoms with E-state index >= 15 is 0 Å². The SMILES string of the molecule is C[C@H]1C[C@H](C)CN(S(=O)(=O)c2ccc(NC(=O)COC(=O)c3ccc[nH]3)cc2)C1. The molecule has 1 saturated heterocycles. The molecule has 0 aliphatic carbocycles. The van der Waals surface area contributed by atoms with Crippen LogP contribution in [0.15, 0.2) is 47.5 Å². The van der Waals surface area contributed by atoms with Gasteiger partial charge in [-0.3, -0.25) is 4.79 Å². The molecule has 29 heavy (non-hydrogen) atoms. The Labute approximate surface area is 170 Å². The van der Waals surface area contributed by atoms with Gasteiger partial charge in [0.1, 0.15) is 5.69 Å². The second-order valence-corrected chi connectivity index (χ2v) is 9.44. The average Bonchev–Trinajstić information content (AvgIpc) is 3.21. The van der Waals surface area contributed by atoms with E-state index in [2.05, 4.69) is 24.1 Å². The minimum atomic E-state index is -3.57. The number of piperidine rings is 1. The lowest BCUT2D eigenvalue weighted by atomic mass is 9.94. The van der Waals surface area contributed by atoms with Gasteiger partial charge in [-0.2, -0.15) is 4.31 Å². The van der Waals surface area contributed by atoms with E-state index in [0.29, 0.717) is 30.6 Å². The van der Waals surface area contributed by atoms with Crippen molar-refractivity contribution < 1.29 is 22.7 Å². The number of rotatable bonds is 6. The summed E-state index contributed by atoms with van der Waals surface area (Å²) in [6.07, 6.45) is 2.60. The average molecular weight is 420 g/mol. The van der Waals surface area contributed by atoms with Gasteiger partial charge in [-0.05, 0) is 54.7 Å². The third kappa shape index (κ3) is 5.24. The maximum Gasteiger partial charge on any atom is 0.355 e. The van der Waals surface area contributed by atoms with Crippen LogP contribution >= 0.6 is 0 Å². The Morgan fingerprint density at radius 2 is 1.79 bits per heavy atom. The van der Waals surface area contributed by atoms with Gasteiger partial charge in [0.15, 0.2) is 6.61 Å². The summed E-state index contributed by atoms with van der Waals surface area (Å²) in [5, 5.41) is 2.58. The van der Waals surface area contributed by atoms with Crippen molar-refractivity contribution in [1.82, 2.24) is 9.29 Å². The van der Waals surface area contributed by atoms with E-state index in [-0.39, 0.29) is 10.6 Å². The second kappa shape index (κ2) is 8.79. The van der Waals surface area contributed by atoms with E-state index in [1.165, 1.54) is 28.6 Å². The second-order valence-electron chi connectivity index (χ2n) is 7.50. The number of ether oxygens (including phenoxy) is 1. The maximum atomic E-state index is 12.9. The lowest BCUT2D eigenvalue weighted by Gasteiger charge is -2.34. The molecule has 1 aliphatic rings. The Balaban J connectivity index is 1.58.